The second-order valence-electron chi connectivity index (χ2n) is 5.51. The van der Waals surface area contributed by atoms with Crippen LogP contribution in [-0.4, -0.2) is 10.9 Å². The molecule has 1 amide bonds. The molecule has 0 fully saturated rings. The van der Waals surface area contributed by atoms with Crippen LogP contribution in [0.2, 0.25) is 10.0 Å². The van der Waals surface area contributed by atoms with Crippen LogP contribution >= 0.6 is 23.2 Å². The van der Waals surface area contributed by atoms with Crippen LogP contribution in [0, 0.1) is 0 Å². The third kappa shape index (κ3) is 2.62. The summed E-state index contributed by atoms with van der Waals surface area (Å²) in [6, 6.07) is 18.6. The maximum atomic E-state index is 12.5. The van der Waals surface area contributed by atoms with E-state index in [1.165, 1.54) is 0 Å². The van der Waals surface area contributed by atoms with Crippen LogP contribution in [0.3, 0.4) is 0 Å². The largest absolute Gasteiger partial charge is 0.355 e. The van der Waals surface area contributed by atoms with Crippen molar-refractivity contribution in [3.63, 3.8) is 0 Å². The summed E-state index contributed by atoms with van der Waals surface area (Å²) in [6.45, 7) is 0. The number of hydrogen-bond donors (Lipinski definition) is 2. The van der Waals surface area contributed by atoms with Gasteiger partial charge in [0.05, 0.1) is 10.6 Å². The fourth-order valence-electron chi connectivity index (χ4n) is 2.80. The standard InChI is InChI=1S/C19H12Cl2N2O/c20-11-5-7-16(21)15(9-11)19(24)22-12-6-8-18-14(10-12)13-3-1-2-4-17(13)23-18/h1-10,23H,(H,22,24). The van der Waals surface area contributed by atoms with Crippen molar-refractivity contribution in [2.75, 3.05) is 5.32 Å². The Morgan fingerprint density at radius 1 is 0.875 bits per heavy atom. The van der Waals surface area contributed by atoms with E-state index in [-0.39, 0.29) is 5.91 Å². The van der Waals surface area contributed by atoms with Gasteiger partial charge in [-0.15, -0.1) is 0 Å². The Balaban J connectivity index is 1.73. The summed E-state index contributed by atoms with van der Waals surface area (Å²) in [5.41, 5.74) is 3.14. The quantitative estimate of drug-likeness (QED) is 0.463. The van der Waals surface area contributed by atoms with E-state index in [0.717, 1.165) is 21.8 Å². The van der Waals surface area contributed by atoms with Gasteiger partial charge in [0.2, 0.25) is 0 Å². The first kappa shape index (κ1) is 15.1. The SMILES string of the molecule is O=C(Nc1ccc2[nH]c3ccccc3c2c1)c1cc(Cl)ccc1Cl. The second kappa shape index (κ2) is 5.86. The lowest BCUT2D eigenvalue weighted by molar-refractivity contribution is 0.102. The summed E-state index contributed by atoms with van der Waals surface area (Å²) in [4.78, 5) is 15.8. The van der Waals surface area contributed by atoms with Crippen LogP contribution in [0.5, 0.6) is 0 Å². The Labute approximate surface area is 148 Å². The van der Waals surface area contributed by atoms with Crippen molar-refractivity contribution >= 4 is 56.6 Å². The maximum Gasteiger partial charge on any atom is 0.257 e. The monoisotopic (exact) mass is 354 g/mol. The fourth-order valence-corrected chi connectivity index (χ4v) is 3.17. The van der Waals surface area contributed by atoms with Crippen molar-refractivity contribution in [2.24, 2.45) is 0 Å². The minimum absolute atomic E-state index is 0.290. The first-order valence-corrected chi connectivity index (χ1v) is 8.14. The molecule has 4 rings (SSSR count). The van der Waals surface area contributed by atoms with Crippen LogP contribution in [0.4, 0.5) is 5.69 Å². The molecule has 3 aromatic carbocycles. The molecule has 0 aliphatic heterocycles. The Hall–Kier alpha value is -2.49. The summed E-state index contributed by atoms with van der Waals surface area (Å²) in [6.07, 6.45) is 0. The number of fused-ring (bicyclic) bond motifs is 3. The zero-order valence-corrected chi connectivity index (χ0v) is 13.9. The summed E-state index contributed by atoms with van der Waals surface area (Å²) < 4.78 is 0. The van der Waals surface area contributed by atoms with E-state index >= 15 is 0 Å². The van der Waals surface area contributed by atoms with Crippen LogP contribution in [0.15, 0.2) is 60.7 Å². The number of halogens is 2. The molecule has 0 aliphatic carbocycles. The molecule has 5 heteroatoms. The topological polar surface area (TPSA) is 44.9 Å². The zero-order chi connectivity index (χ0) is 16.7. The second-order valence-corrected chi connectivity index (χ2v) is 6.35. The van der Waals surface area contributed by atoms with E-state index in [4.69, 9.17) is 23.2 Å². The number of H-pyrrole nitrogens is 1. The number of rotatable bonds is 2. The van der Waals surface area contributed by atoms with Crippen LogP contribution in [0.1, 0.15) is 10.4 Å². The number of nitrogens with one attached hydrogen (secondary N) is 2. The molecule has 0 saturated heterocycles. The van der Waals surface area contributed by atoms with Gasteiger partial charge in [0, 0.05) is 32.5 Å². The molecular weight excluding hydrogens is 343 g/mol. The molecule has 2 N–H and O–H groups in total. The normalized spacial score (nSPS) is 11.1. The molecule has 24 heavy (non-hydrogen) atoms. The minimum atomic E-state index is -0.290. The molecule has 0 bridgehead atoms. The molecule has 1 aromatic heterocycles. The minimum Gasteiger partial charge on any atom is -0.355 e. The molecule has 0 radical (unpaired) electrons. The Morgan fingerprint density at radius 3 is 2.54 bits per heavy atom. The third-order valence-electron chi connectivity index (χ3n) is 3.94. The first-order valence-electron chi connectivity index (χ1n) is 7.39. The third-order valence-corrected chi connectivity index (χ3v) is 4.50. The molecule has 0 unspecified atom stereocenters. The lowest BCUT2D eigenvalue weighted by Gasteiger charge is -2.07. The molecule has 4 aromatic rings. The molecule has 118 valence electrons. The highest BCUT2D eigenvalue weighted by atomic mass is 35.5. The summed E-state index contributed by atoms with van der Waals surface area (Å²) >= 11 is 12.0. The predicted octanol–water partition coefficient (Wildman–Crippen LogP) is 5.88. The number of aromatic amines is 1. The summed E-state index contributed by atoms with van der Waals surface area (Å²) in [5, 5.41) is 5.88. The number of hydrogen-bond acceptors (Lipinski definition) is 1. The highest BCUT2D eigenvalue weighted by molar-refractivity contribution is 6.36. The van der Waals surface area contributed by atoms with Gasteiger partial charge in [-0.3, -0.25) is 4.79 Å². The van der Waals surface area contributed by atoms with Crippen molar-refractivity contribution in [1.82, 2.24) is 4.98 Å². The van der Waals surface area contributed by atoms with Crippen LogP contribution < -0.4 is 5.32 Å². The van der Waals surface area contributed by atoms with Gasteiger partial charge >= 0.3 is 0 Å². The molecule has 0 saturated carbocycles. The van der Waals surface area contributed by atoms with Crippen molar-refractivity contribution in [2.45, 2.75) is 0 Å². The molecule has 0 spiro atoms. The van der Waals surface area contributed by atoms with E-state index in [9.17, 15) is 4.79 Å². The highest BCUT2D eigenvalue weighted by Gasteiger charge is 2.12. The average Bonchev–Trinajstić information content (AvgIpc) is 2.95. The van der Waals surface area contributed by atoms with E-state index in [1.807, 2.05) is 42.5 Å². The number of para-hydroxylation sites is 1. The van der Waals surface area contributed by atoms with Gasteiger partial charge in [0.15, 0.2) is 0 Å². The lowest BCUT2D eigenvalue weighted by atomic mass is 10.1. The van der Waals surface area contributed by atoms with Crippen molar-refractivity contribution in [3.05, 3.63) is 76.3 Å². The van der Waals surface area contributed by atoms with E-state index < -0.39 is 0 Å². The number of carbonyl (C=O) groups excluding carboxylic acids is 1. The molecule has 0 atom stereocenters. The molecule has 1 heterocycles. The smallest absolute Gasteiger partial charge is 0.257 e. The maximum absolute atomic E-state index is 12.5. The number of anilines is 1. The number of carbonyl (C=O) groups is 1. The van der Waals surface area contributed by atoms with Gasteiger partial charge < -0.3 is 10.3 Å². The van der Waals surface area contributed by atoms with E-state index in [1.54, 1.807) is 18.2 Å². The van der Waals surface area contributed by atoms with E-state index in [0.29, 0.717) is 21.3 Å². The number of amides is 1. The van der Waals surface area contributed by atoms with Crippen molar-refractivity contribution < 1.29 is 4.79 Å². The molecule has 0 aliphatic rings. The van der Waals surface area contributed by atoms with Crippen molar-refractivity contribution in [1.29, 1.82) is 0 Å². The van der Waals surface area contributed by atoms with E-state index in [2.05, 4.69) is 10.3 Å². The average molecular weight is 355 g/mol. The highest BCUT2D eigenvalue weighted by Crippen LogP contribution is 2.28. The van der Waals surface area contributed by atoms with Gasteiger partial charge in [-0.1, -0.05) is 41.4 Å². The number of aromatic nitrogens is 1. The molecular formula is C19H12Cl2N2O. The Bertz CT molecular complexity index is 1090. The number of benzene rings is 3. The Morgan fingerprint density at radius 2 is 1.67 bits per heavy atom. The summed E-state index contributed by atoms with van der Waals surface area (Å²) in [7, 11) is 0. The fraction of sp³-hybridized carbons (Fsp3) is 0. The van der Waals surface area contributed by atoms with Gasteiger partial charge in [0.1, 0.15) is 0 Å². The lowest BCUT2D eigenvalue weighted by Crippen LogP contribution is -2.12. The zero-order valence-electron chi connectivity index (χ0n) is 12.4. The van der Waals surface area contributed by atoms with Gasteiger partial charge in [-0.05, 0) is 42.5 Å². The predicted molar refractivity (Wildman–Crippen MR) is 100 cm³/mol. The Kier molecular flexibility index (Phi) is 3.68. The van der Waals surface area contributed by atoms with Gasteiger partial charge in [-0.25, -0.2) is 0 Å². The van der Waals surface area contributed by atoms with Gasteiger partial charge in [-0.2, -0.15) is 0 Å². The van der Waals surface area contributed by atoms with Crippen molar-refractivity contribution in [3.8, 4) is 0 Å². The van der Waals surface area contributed by atoms with Crippen LogP contribution in [0.25, 0.3) is 21.8 Å². The van der Waals surface area contributed by atoms with Crippen LogP contribution in [-0.2, 0) is 0 Å². The molecule has 3 nitrogen and oxygen atoms in total. The van der Waals surface area contributed by atoms with Gasteiger partial charge in [0.25, 0.3) is 5.91 Å². The summed E-state index contributed by atoms with van der Waals surface area (Å²) in [5.74, 6) is -0.290. The first-order chi connectivity index (χ1) is 11.6.